The van der Waals surface area contributed by atoms with Gasteiger partial charge in [0, 0.05) is 22.5 Å². The van der Waals surface area contributed by atoms with E-state index in [0.717, 1.165) is 22.0 Å². The summed E-state index contributed by atoms with van der Waals surface area (Å²) < 4.78 is 0. The van der Waals surface area contributed by atoms with E-state index in [0.29, 0.717) is 30.1 Å². The van der Waals surface area contributed by atoms with Crippen LogP contribution in [-0.2, 0) is 11.3 Å². The summed E-state index contributed by atoms with van der Waals surface area (Å²) in [5.74, 6) is -0.270. The van der Waals surface area contributed by atoms with Gasteiger partial charge in [0.15, 0.2) is 0 Å². The minimum atomic E-state index is -0.446. The topological polar surface area (TPSA) is 62.3 Å². The normalized spacial score (nSPS) is 16.3. The molecule has 1 aliphatic heterocycles. The van der Waals surface area contributed by atoms with Crippen molar-refractivity contribution in [1.82, 2.24) is 15.2 Å². The van der Waals surface area contributed by atoms with Crippen molar-refractivity contribution in [2.24, 2.45) is 0 Å². The molecule has 144 valence electrons. The van der Waals surface area contributed by atoms with E-state index < -0.39 is 6.04 Å². The maximum absolute atomic E-state index is 12.8. The summed E-state index contributed by atoms with van der Waals surface area (Å²) in [6.45, 7) is 0.943. The average molecular weight is 432 g/mol. The van der Waals surface area contributed by atoms with Crippen molar-refractivity contribution in [1.29, 1.82) is 0 Å². The van der Waals surface area contributed by atoms with Gasteiger partial charge in [-0.25, -0.2) is 4.98 Å². The smallest absolute Gasteiger partial charge is 0.254 e. The zero-order chi connectivity index (χ0) is 19.5. The first-order valence-corrected chi connectivity index (χ1v) is 11.1. The number of carbonyl (C=O) groups is 2. The van der Waals surface area contributed by atoms with Crippen molar-refractivity contribution in [3.63, 3.8) is 0 Å². The van der Waals surface area contributed by atoms with Crippen molar-refractivity contribution in [2.45, 2.75) is 25.4 Å². The third kappa shape index (κ3) is 4.11. The third-order valence-corrected chi connectivity index (χ3v) is 6.82. The molecular formula is C20H18ClN3O2S2. The minimum absolute atomic E-state index is 0.134. The van der Waals surface area contributed by atoms with Gasteiger partial charge in [-0.2, -0.15) is 0 Å². The molecule has 28 heavy (non-hydrogen) atoms. The second-order valence-corrected chi connectivity index (χ2v) is 8.74. The molecular weight excluding hydrogens is 414 g/mol. The van der Waals surface area contributed by atoms with Crippen molar-refractivity contribution in [3.05, 3.63) is 63.4 Å². The summed E-state index contributed by atoms with van der Waals surface area (Å²) in [5, 5.41) is 8.45. The Hall–Kier alpha value is -2.22. The van der Waals surface area contributed by atoms with Gasteiger partial charge in [0.2, 0.25) is 5.91 Å². The summed E-state index contributed by atoms with van der Waals surface area (Å²) in [7, 11) is 0. The maximum atomic E-state index is 12.8. The number of halogens is 1. The number of amides is 2. The molecule has 3 heterocycles. The number of nitrogens with zero attached hydrogens (tertiary/aromatic N) is 2. The number of aromatic nitrogens is 1. The highest BCUT2D eigenvalue weighted by molar-refractivity contribution is 7.20. The first-order valence-electron chi connectivity index (χ1n) is 8.94. The lowest BCUT2D eigenvalue weighted by Crippen LogP contribution is -2.45. The Bertz CT molecular complexity index is 970. The van der Waals surface area contributed by atoms with Crippen LogP contribution in [-0.4, -0.2) is 34.3 Å². The van der Waals surface area contributed by atoms with Crippen molar-refractivity contribution in [3.8, 4) is 9.88 Å². The molecule has 1 fully saturated rings. The molecule has 0 spiro atoms. The van der Waals surface area contributed by atoms with Gasteiger partial charge < -0.3 is 10.2 Å². The molecule has 1 saturated heterocycles. The van der Waals surface area contributed by atoms with Crippen molar-refractivity contribution < 1.29 is 9.59 Å². The standard InChI is InChI=1S/C20H18ClN3O2S2/c21-14-7-5-13(6-8-14)20(26)24-9-1-3-16(24)18(25)22-11-15-12-28-19(23-15)17-4-2-10-27-17/h2,4-8,10,12,16H,1,3,9,11H2,(H,22,25). The van der Waals surface area contributed by atoms with Crippen LogP contribution in [0.2, 0.25) is 5.02 Å². The number of likely N-dealkylation sites (tertiary alicyclic amines) is 1. The van der Waals surface area contributed by atoms with E-state index in [-0.39, 0.29) is 11.8 Å². The quantitative estimate of drug-likeness (QED) is 0.649. The average Bonchev–Trinajstić information content (AvgIpc) is 3.47. The van der Waals surface area contributed by atoms with Crippen LogP contribution in [0.25, 0.3) is 9.88 Å². The molecule has 1 aliphatic rings. The Labute approximate surface area is 176 Å². The molecule has 0 radical (unpaired) electrons. The van der Waals surface area contributed by atoms with Gasteiger partial charge in [0.1, 0.15) is 11.0 Å². The number of hydrogen-bond donors (Lipinski definition) is 1. The zero-order valence-corrected chi connectivity index (χ0v) is 17.3. The highest BCUT2D eigenvalue weighted by Crippen LogP contribution is 2.28. The number of rotatable bonds is 5. The molecule has 4 rings (SSSR count). The minimum Gasteiger partial charge on any atom is -0.349 e. The van der Waals surface area contributed by atoms with Gasteiger partial charge in [-0.15, -0.1) is 22.7 Å². The molecule has 1 atom stereocenters. The molecule has 8 heteroatoms. The highest BCUT2D eigenvalue weighted by Gasteiger charge is 2.34. The summed E-state index contributed by atoms with van der Waals surface area (Å²) in [6.07, 6.45) is 1.49. The van der Waals surface area contributed by atoms with Gasteiger partial charge in [-0.05, 0) is 48.6 Å². The number of carbonyl (C=O) groups excluding carboxylic acids is 2. The molecule has 0 bridgehead atoms. The largest absolute Gasteiger partial charge is 0.349 e. The van der Waals surface area contributed by atoms with Gasteiger partial charge in [-0.1, -0.05) is 17.7 Å². The zero-order valence-electron chi connectivity index (χ0n) is 14.9. The fourth-order valence-corrected chi connectivity index (χ4v) is 5.00. The summed E-state index contributed by atoms with van der Waals surface area (Å²) in [4.78, 5) is 32.8. The number of benzene rings is 1. The van der Waals surface area contributed by atoms with Gasteiger partial charge >= 0.3 is 0 Å². The first-order chi connectivity index (χ1) is 13.6. The summed E-state index contributed by atoms with van der Waals surface area (Å²) in [6, 6.07) is 10.3. The lowest BCUT2D eigenvalue weighted by molar-refractivity contribution is -0.125. The molecule has 1 N–H and O–H groups in total. The first kappa shape index (κ1) is 19.1. The molecule has 3 aromatic rings. The summed E-state index contributed by atoms with van der Waals surface area (Å²) >= 11 is 9.11. The number of hydrogen-bond acceptors (Lipinski definition) is 5. The maximum Gasteiger partial charge on any atom is 0.254 e. The van der Waals surface area contributed by atoms with Crippen molar-refractivity contribution in [2.75, 3.05) is 6.54 Å². The van der Waals surface area contributed by atoms with Crippen LogP contribution in [0.5, 0.6) is 0 Å². The Kier molecular flexibility index (Phi) is 5.75. The lowest BCUT2D eigenvalue weighted by atomic mass is 10.1. The molecule has 0 saturated carbocycles. The Balaban J connectivity index is 1.38. The van der Waals surface area contributed by atoms with Gasteiger partial charge in [0.25, 0.3) is 5.91 Å². The number of nitrogens with one attached hydrogen (secondary N) is 1. The van der Waals surface area contributed by atoms with Crippen LogP contribution < -0.4 is 5.32 Å². The van der Waals surface area contributed by atoms with Crippen LogP contribution in [0.3, 0.4) is 0 Å². The van der Waals surface area contributed by atoms with E-state index in [4.69, 9.17) is 11.6 Å². The Morgan fingerprint density at radius 3 is 2.79 bits per heavy atom. The second kappa shape index (κ2) is 8.43. The van der Waals surface area contributed by atoms with E-state index >= 15 is 0 Å². The van der Waals surface area contributed by atoms with E-state index in [2.05, 4.69) is 10.3 Å². The Morgan fingerprint density at radius 1 is 1.21 bits per heavy atom. The lowest BCUT2D eigenvalue weighted by Gasteiger charge is -2.24. The van der Waals surface area contributed by atoms with Crippen LogP contribution in [0, 0.1) is 0 Å². The van der Waals surface area contributed by atoms with E-state index in [1.54, 1.807) is 51.8 Å². The van der Waals surface area contributed by atoms with Gasteiger partial charge in [0.05, 0.1) is 17.1 Å². The molecule has 1 unspecified atom stereocenters. The highest BCUT2D eigenvalue weighted by atomic mass is 35.5. The molecule has 1 aromatic carbocycles. The molecule has 5 nitrogen and oxygen atoms in total. The molecule has 2 aromatic heterocycles. The number of thiazole rings is 1. The molecule has 2 amide bonds. The Morgan fingerprint density at radius 2 is 2.04 bits per heavy atom. The van der Waals surface area contributed by atoms with Crippen molar-refractivity contribution >= 4 is 46.1 Å². The van der Waals surface area contributed by atoms with E-state index in [9.17, 15) is 9.59 Å². The van der Waals surface area contributed by atoms with E-state index in [1.165, 1.54) is 0 Å². The second-order valence-electron chi connectivity index (χ2n) is 6.50. The van der Waals surface area contributed by atoms with Gasteiger partial charge in [-0.3, -0.25) is 9.59 Å². The molecule has 0 aliphatic carbocycles. The van der Waals surface area contributed by atoms with Crippen LogP contribution in [0.4, 0.5) is 0 Å². The van der Waals surface area contributed by atoms with Crippen LogP contribution in [0.1, 0.15) is 28.9 Å². The van der Waals surface area contributed by atoms with Crippen LogP contribution >= 0.6 is 34.3 Å². The summed E-state index contributed by atoms with van der Waals surface area (Å²) in [5.41, 5.74) is 1.37. The fraction of sp³-hybridized carbons (Fsp3) is 0.250. The fourth-order valence-electron chi connectivity index (χ4n) is 3.24. The monoisotopic (exact) mass is 431 g/mol. The van der Waals surface area contributed by atoms with E-state index in [1.807, 2.05) is 22.9 Å². The number of thiophene rings is 1. The van der Waals surface area contributed by atoms with Crippen LogP contribution in [0.15, 0.2) is 47.2 Å². The SMILES string of the molecule is O=C(NCc1csc(-c2cccs2)n1)C1CCCN1C(=O)c1ccc(Cl)cc1. The predicted octanol–water partition coefficient (Wildman–Crippen LogP) is 4.45. The predicted molar refractivity (Wildman–Crippen MR) is 113 cm³/mol. The third-order valence-electron chi connectivity index (χ3n) is 4.63.